The Hall–Kier alpha value is -1.01. The van der Waals surface area contributed by atoms with Gasteiger partial charge in [-0.1, -0.05) is 149 Å². The Morgan fingerprint density at radius 2 is 1.02 bits per heavy atom. The molecule has 12 atom stereocenters. The van der Waals surface area contributed by atoms with E-state index in [0.717, 1.165) is 25.7 Å². The quantitative estimate of drug-likeness (QED) is 0.0430. The highest BCUT2D eigenvalue weighted by Gasteiger charge is 2.51. The monoisotopic (exact) mass is 808 g/mol. The van der Waals surface area contributed by atoms with E-state index < -0.39 is 86.8 Å². The summed E-state index contributed by atoms with van der Waals surface area (Å²) >= 11 is 0. The number of carbonyl (C=O) groups is 1. The number of nitrogens with one attached hydrogen (secondary N) is 1. The maximum absolute atomic E-state index is 12.5. The number of aliphatic hydroxyl groups excluding tert-OH is 8. The maximum atomic E-state index is 12.5. The molecule has 2 rings (SSSR count). The van der Waals surface area contributed by atoms with Gasteiger partial charge in [0.1, 0.15) is 48.8 Å². The van der Waals surface area contributed by atoms with Gasteiger partial charge in [-0.25, -0.2) is 0 Å². The molecular weight excluding hydrogens is 726 g/mol. The first-order valence-corrected chi connectivity index (χ1v) is 22.3. The van der Waals surface area contributed by atoms with Crippen LogP contribution in [-0.4, -0.2) is 140 Å². The average Bonchev–Trinajstić information content (AvgIpc) is 3.19. The lowest BCUT2D eigenvalue weighted by atomic mass is 9.97. The fourth-order valence-electron chi connectivity index (χ4n) is 7.63. The number of carbonyl (C=O) groups excluding carboxylic acids is 1. The van der Waals surface area contributed by atoms with Gasteiger partial charge in [0.2, 0.25) is 5.91 Å². The zero-order valence-electron chi connectivity index (χ0n) is 34.6. The Morgan fingerprint density at radius 1 is 0.571 bits per heavy atom. The van der Waals surface area contributed by atoms with Crippen LogP contribution in [0.3, 0.4) is 0 Å². The molecule has 9 N–H and O–H groups in total. The van der Waals surface area contributed by atoms with E-state index in [-0.39, 0.29) is 18.9 Å². The molecule has 12 unspecified atom stereocenters. The van der Waals surface area contributed by atoms with E-state index >= 15 is 0 Å². The maximum Gasteiger partial charge on any atom is 0.220 e. The van der Waals surface area contributed by atoms with Gasteiger partial charge >= 0.3 is 0 Å². The summed E-state index contributed by atoms with van der Waals surface area (Å²) in [5.74, 6) is -0.259. The van der Waals surface area contributed by atoms with Crippen LogP contribution in [0.15, 0.2) is 0 Å². The average molecular weight is 808 g/mol. The number of hydrogen-bond acceptors (Lipinski definition) is 13. The van der Waals surface area contributed by atoms with Gasteiger partial charge in [-0.05, 0) is 12.8 Å². The summed E-state index contributed by atoms with van der Waals surface area (Å²) < 4.78 is 22.4. The van der Waals surface area contributed by atoms with Crippen LogP contribution < -0.4 is 5.32 Å². The molecule has 0 radical (unpaired) electrons. The van der Waals surface area contributed by atoms with Crippen molar-refractivity contribution in [2.75, 3.05) is 19.8 Å². The molecule has 56 heavy (non-hydrogen) atoms. The number of hydrogen-bond donors (Lipinski definition) is 9. The van der Waals surface area contributed by atoms with Gasteiger partial charge in [0.05, 0.1) is 32.0 Å². The van der Waals surface area contributed by atoms with E-state index in [9.17, 15) is 45.6 Å². The predicted octanol–water partition coefficient (Wildman–Crippen LogP) is 3.88. The Kier molecular flexibility index (Phi) is 28.3. The summed E-state index contributed by atoms with van der Waals surface area (Å²) in [5, 5.41) is 85.7. The summed E-state index contributed by atoms with van der Waals surface area (Å²) in [6, 6.07) is -0.817. The lowest BCUT2D eigenvalue weighted by Crippen LogP contribution is -2.65. The molecule has 0 bridgehead atoms. The van der Waals surface area contributed by atoms with Gasteiger partial charge in [0, 0.05) is 6.42 Å². The molecule has 0 aromatic rings. The molecule has 2 fully saturated rings. The zero-order valence-corrected chi connectivity index (χ0v) is 34.6. The molecule has 0 spiro atoms. The van der Waals surface area contributed by atoms with Crippen molar-refractivity contribution in [3.8, 4) is 0 Å². The fraction of sp³-hybridized carbons (Fsp3) is 0.976. The van der Waals surface area contributed by atoms with E-state index in [1.165, 1.54) is 109 Å². The lowest BCUT2D eigenvalue weighted by molar-refractivity contribution is -0.359. The Labute approximate surface area is 336 Å². The first-order chi connectivity index (χ1) is 27.1. The van der Waals surface area contributed by atoms with Crippen LogP contribution in [0.2, 0.25) is 0 Å². The van der Waals surface area contributed by atoms with Crippen LogP contribution in [-0.2, 0) is 23.7 Å². The minimum atomic E-state index is -1.77. The minimum absolute atomic E-state index is 0.249. The highest BCUT2D eigenvalue weighted by atomic mass is 16.7. The van der Waals surface area contributed by atoms with Gasteiger partial charge in [0.15, 0.2) is 12.6 Å². The standard InChI is InChI=1S/C42H81NO13/c1-3-5-6-7-8-9-10-11-12-13-14-15-16-17-18-19-20-21-22-23-24-26-31(46)30(43-34(47)25-4-2)29-53-41-39(52)37(50)40(33(28-45)55-41)56-42-38(51)36(49)35(48)32(27-44)54-42/h30-33,35-42,44-46,48-52H,3-29H2,1-2H3,(H,43,47). The normalized spacial score (nSPS) is 29.3. The smallest absolute Gasteiger partial charge is 0.220 e. The van der Waals surface area contributed by atoms with E-state index in [0.29, 0.717) is 12.8 Å². The van der Waals surface area contributed by atoms with Crippen molar-refractivity contribution in [3.63, 3.8) is 0 Å². The zero-order chi connectivity index (χ0) is 41.1. The Morgan fingerprint density at radius 3 is 1.48 bits per heavy atom. The number of unbranched alkanes of at least 4 members (excludes halogenated alkanes) is 20. The summed E-state index contributed by atoms with van der Waals surface area (Å²) in [7, 11) is 0. The van der Waals surface area contributed by atoms with Crippen molar-refractivity contribution in [2.24, 2.45) is 0 Å². The summed E-state index contributed by atoms with van der Waals surface area (Å²) in [6.45, 7) is 2.49. The number of amides is 1. The van der Waals surface area contributed by atoms with Gasteiger partial charge in [0.25, 0.3) is 0 Å². The van der Waals surface area contributed by atoms with Crippen molar-refractivity contribution in [1.29, 1.82) is 0 Å². The molecular formula is C42H81NO13. The molecule has 14 nitrogen and oxygen atoms in total. The van der Waals surface area contributed by atoms with Crippen LogP contribution in [0.1, 0.15) is 168 Å². The van der Waals surface area contributed by atoms with Crippen molar-refractivity contribution in [3.05, 3.63) is 0 Å². The van der Waals surface area contributed by atoms with Crippen LogP contribution in [0, 0.1) is 0 Å². The van der Waals surface area contributed by atoms with Crippen LogP contribution in [0.25, 0.3) is 0 Å². The molecule has 2 saturated heterocycles. The first kappa shape index (κ1) is 51.1. The van der Waals surface area contributed by atoms with Crippen molar-refractivity contribution < 1.29 is 64.6 Å². The minimum Gasteiger partial charge on any atom is -0.394 e. The van der Waals surface area contributed by atoms with Crippen LogP contribution >= 0.6 is 0 Å². The highest BCUT2D eigenvalue weighted by molar-refractivity contribution is 5.76. The molecule has 14 heteroatoms. The fourth-order valence-corrected chi connectivity index (χ4v) is 7.63. The largest absolute Gasteiger partial charge is 0.394 e. The second-order valence-corrected chi connectivity index (χ2v) is 16.2. The number of rotatable bonds is 33. The van der Waals surface area contributed by atoms with Gasteiger partial charge in [-0.15, -0.1) is 0 Å². The van der Waals surface area contributed by atoms with Gasteiger partial charge in [-0.3, -0.25) is 4.79 Å². The third-order valence-corrected chi connectivity index (χ3v) is 11.3. The second kappa shape index (κ2) is 30.9. The molecule has 1 amide bonds. The molecule has 2 heterocycles. The molecule has 2 aliphatic rings. The van der Waals surface area contributed by atoms with Crippen molar-refractivity contribution in [1.82, 2.24) is 5.32 Å². The van der Waals surface area contributed by atoms with Crippen LogP contribution in [0.4, 0.5) is 0 Å². The van der Waals surface area contributed by atoms with Crippen LogP contribution in [0.5, 0.6) is 0 Å². The highest BCUT2D eigenvalue weighted by Crippen LogP contribution is 2.30. The summed E-state index contributed by atoms with van der Waals surface area (Å²) in [6.07, 6.45) is 11.7. The van der Waals surface area contributed by atoms with E-state index in [1.54, 1.807) is 0 Å². The third-order valence-electron chi connectivity index (χ3n) is 11.3. The number of ether oxygens (including phenoxy) is 4. The predicted molar refractivity (Wildman–Crippen MR) is 212 cm³/mol. The van der Waals surface area contributed by atoms with Gasteiger partial charge < -0.3 is 65.1 Å². The lowest BCUT2D eigenvalue weighted by Gasteiger charge is -2.46. The molecule has 332 valence electrons. The molecule has 0 aliphatic carbocycles. The van der Waals surface area contributed by atoms with E-state index in [2.05, 4.69) is 12.2 Å². The van der Waals surface area contributed by atoms with Crippen molar-refractivity contribution in [2.45, 2.75) is 242 Å². The second-order valence-electron chi connectivity index (χ2n) is 16.2. The number of aliphatic hydroxyl groups is 8. The third kappa shape index (κ3) is 19.4. The van der Waals surface area contributed by atoms with Gasteiger partial charge in [-0.2, -0.15) is 0 Å². The summed E-state index contributed by atoms with van der Waals surface area (Å²) in [5.41, 5.74) is 0. The first-order valence-electron chi connectivity index (χ1n) is 22.3. The van der Waals surface area contributed by atoms with E-state index in [4.69, 9.17) is 18.9 Å². The molecule has 0 aromatic carbocycles. The topological polar surface area (TPSA) is 228 Å². The Balaban J connectivity index is 1.66. The SMILES string of the molecule is CCCCCCCCCCCCCCCCCCCCCCCC(O)C(COC1OC(CO)C(OC2OC(CO)C(O)C(O)C2O)C(O)C1O)NC(=O)CCC. The summed E-state index contributed by atoms with van der Waals surface area (Å²) in [4.78, 5) is 12.5. The molecule has 2 aliphatic heterocycles. The Bertz CT molecular complexity index is 962. The van der Waals surface area contributed by atoms with E-state index in [1.807, 2.05) is 6.92 Å². The van der Waals surface area contributed by atoms with Crippen molar-refractivity contribution >= 4 is 5.91 Å². The molecule has 0 saturated carbocycles. The molecule has 0 aromatic heterocycles.